The SMILES string of the molecule is CN=C(NCC(C)Sc1ccc(Br)cc1)NC(C)C. The minimum Gasteiger partial charge on any atom is -0.355 e. The molecule has 1 rings (SSSR count). The summed E-state index contributed by atoms with van der Waals surface area (Å²) in [4.78, 5) is 5.48. The molecule has 0 saturated carbocycles. The highest BCUT2D eigenvalue weighted by atomic mass is 79.9. The Labute approximate surface area is 128 Å². The maximum atomic E-state index is 4.20. The predicted molar refractivity (Wildman–Crippen MR) is 89.1 cm³/mol. The topological polar surface area (TPSA) is 36.4 Å². The Morgan fingerprint density at radius 3 is 2.42 bits per heavy atom. The molecular weight excluding hydrogens is 322 g/mol. The van der Waals surface area contributed by atoms with Crippen molar-refractivity contribution in [1.29, 1.82) is 0 Å². The van der Waals surface area contributed by atoms with Crippen LogP contribution in [-0.2, 0) is 0 Å². The third-order valence-corrected chi connectivity index (χ3v) is 4.00. The van der Waals surface area contributed by atoms with E-state index in [1.807, 2.05) is 11.8 Å². The fraction of sp³-hybridized carbons (Fsp3) is 0.500. The molecule has 1 atom stereocenters. The first kappa shape index (κ1) is 16.4. The van der Waals surface area contributed by atoms with Gasteiger partial charge in [-0.15, -0.1) is 11.8 Å². The average molecular weight is 344 g/mol. The van der Waals surface area contributed by atoms with E-state index in [1.54, 1.807) is 7.05 Å². The van der Waals surface area contributed by atoms with Crippen LogP contribution >= 0.6 is 27.7 Å². The van der Waals surface area contributed by atoms with Gasteiger partial charge in [-0.05, 0) is 38.1 Å². The second-order valence-electron chi connectivity index (χ2n) is 4.63. The van der Waals surface area contributed by atoms with E-state index < -0.39 is 0 Å². The van der Waals surface area contributed by atoms with Crippen LogP contribution in [0, 0.1) is 0 Å². The van der Waals surface area contributed by atoms with Gasteiger partial charge < -0.3 is 10.6 Å². The molecule has 0 aliphatic carbocycles. The highest BCUT2D eigenvalue weighted by Crippen LogP contribution is 2.24. The van der Waals surface area contributed by atoms with Gasteiger partial charge in [-0.3, -0.25) is 4.99 Å². The lowest BCUT2D eigenvalue weighted by Gasteiger charge is -2.17. The summed E-state index contributed by atoms with van der Waals surface area (Å²) in [6, 6.07) is 8.79. The van der Waals surface area contributed by atoms with Crippen molar-refractivity contribution < 1.29 is 0 Å². The minimum atomic E-state index is 0.389. The fourth-order valence-electron chi connectivity index (χ4n) is 1.50. The summed E-state index contributed by atoms with van der Waals surface area (Å²) in [6.07, 6.45) is 0. The molecule has 3 nitrogen and oxygen atoms in total. The van der Waals surface area contributed by atoms with Crippen LogP contribution in [0.1, 0.15) is 20.8 Å². The molecule has 0 bridgehead atoms. The van der Waals surface area contributed by atoms with Gasteiger partial charge in [0.25, 0.3) is 0 Å². The normalized spacial score (nSPS) is 13.5. The molecule has 0 amide bonds. The average Bonchev–Trinajstić information content (AvgIpc) is 2.37. The van der Waals surface area contributed by atoms with Gasteiger partial charge in [-0.1, -0.05) is 22.9 Å². The van der Waals surface area contributed by atoms with Crippen molar-refractivity contribution in [1.82, 2.24) is 10.6 Å². The molecule has 1 aromatic carbocycles. The molecule has 0 spiro atoms. The van der Waals surface area contributed by atoms with Gasteiger partial charge in [0.15, 0.2) is 5.96 Å². The number of nitrogens with zero attached hydrogens (tertiary/aromatic N) is 1. The van der Waals surface area contributed by atoms with Gasteiger partial charge in [0.2, 0.25) is 0 Å². The Morgan fingerprint density at radius 2 is 1.89 bits per heavy atom. The summed E-state index contributed by atoms with van der Waals surface area (Å²) in [6.45, 7) is 7.30. The van der Waals surface area contributed by atoms with Crippen molar-refractivity contribution in [2.24, 2.45) is 4.99 Å². The first-order valence-electron chi connectivity index (χ1n) is 6.40. The molecule has 0 radical (unpaired) electrons. The second kappa shape index (κ2) is 8.48. The number of rotatable bonds is 5. The van der Waals surface area contributed by atoms with E-state index in [1.165, 1.54) is 4.90 Å². The lowest BCUT2D eigenvalue weighted by molar-refractivity contribution is 0.697. The van der Waals surface area contributed by atoms with Gasteiger partial charge in [0.05, 0.1) is 0 Å². The van der Waals surface area contributed by atoms with Crippen molar-refractivity contribution in [3.8, 4) is 0 Å². The zero-order chi connectivity index (χ0) is 14.3. The van der Waals surface area contributed by atoms with Crippen molar-refractivity contribution >= 4 is 33.7 Å². The monoisotopic (exact) mass is 343 g/mol. The van der Waals surface area contributed by atoms with Crippen molar-refractivity contribution in [2.75, 3.05) is 13.6 Å². The van der Waals surface area contributed by atoms with E-state index in [4.69, 9.17) is 0 Å². The molecule has 1 aromatic rings. The third kappa shape index (κ3) is 6.87. The molecular formula is C14H22BrN3S. The van der Waals surface area contributed by atoms with Crippen LogP contribution in [0.25, 0.3) is 0 Å². The van der Waals surface area contributed by atoms with Gasteiger partial charge in [0, 0.05) is 34.3 Å². The highest BCUT2D eigenvalue weighted by molar-refractivity contribution is 9.10. The number of benzene rings is 1. The number of thioether (sulfide) groups is 1. The van der Waals surface area contributed by atoms with Crippen LogP contribution in [-0.4, -0.2) is 30.8 Å². The summed E-state index contributed by atoms with van der Waals surface area (Å²) in [5.74, 6) is 0.859. The molecule has 5 heteroatoms. The highest BCUT2D eigenvalue weighted by Gasteiger charge is 2.06. The van der Waals surface area contributed by atoms with E-state index in [0.717, 1.165) is 17.0 Å². The van der Waals surface area contributed by atoms with Crippen molar-refractivity contribution in [3.05, 3.63) is 28.7 Å². The summed E-state index contributed by atoms with van der Waals surface area (Å²) >= 11 is 5.31. The minimum absolute atomic E-state index is 0.389. The lowest BCUT2D eigenvalue weighted by Crippen LogP contribution is -2.43. The smallest absolute Gasteiger partial charge is 0.191 e. The van der Waals surface area contributed by atoms with E-state index in [0.29, 0.717) is 11.3 Å². The Hall–Kier alpha value is -0.680. The summed E-state index contributed by atoms with van der Waals surface area (Å²) in [7, 11) is 1.80. The van der Waals surface area contributed by atoms with Crippen LogP contribution in [0.4, 0.5) is 0 Å². The Kier molecular flexibility index (Phi) is 7.31. The van der Waals surface area contributed by atoms with E-state index in [2.05, 4.69) is 76.6 Å². The Balaban J connectivity index is 2.38. The first-order valence-corrected chi connectivity index (χ1v) is 8.08. The fourth-order valence-corrected chi connectivity index (χ4v) is 2.68. The van der Waals surface area contributed by atoms with Crippen molar-refractivity contribution in [2.45, 2.75) is 37.0 Å². The second-order valence-corrected chi connectivity index (χ2v) is 7.06. The molecule has 0 saturated heterocycles. The lowest BCUT2D eigenvalue weighted by atomic mass is 10.4. The predicted octanol–water partition coefficient (Wildman–Crippen LogP) is 3.50. The Morgan fingerprint density at radius 1 is 1.26 bits per heavy atom. The van der Waals surface area contributed by atoms with E-state index in [-0.39, 0.29) is 0 Å². The molecule has 106 valence electrons. The molecule has 0 fully saturated rings. The summed E-state index contributed by atoms with van der Waals surface area (Å²) < 4.78 is 1.11. The molecule has 0 aromatic heterocycles. The summed E-state index contributed by atoms with van der Waals surface area (Å²) in [5.41, 5.74) is 0. The number of guanidine groups is 1. The van der Waals surface area contributed by atoms with E-state index in [9.17, 15) is 0 Å². The quantitative estimate of drug-likeness (QED) is 0.488. The molecule has 2 N–H and O–H groups in total. The van der Waals surface area contributed by atoms with Crippen LogP contribution in [0.3, 0.4) is 0 Å². The first-order chi connectivity index (χ1) is 9.01. The Bertz CT molecular complexity index is 404. The van der Waals surface area contributed by atoms with Crippen molar-refractivity contribution in [3.63, 3.8) is 0 Å². The van der Waals surface area contributed by atoms with Crippen LogP contribution < -0.4 is 10.6 Å². The number of aliphatic imine (C=N–C) groups is 1. The molecule has 0 heterocycles. The standard InChI is InChI=1S/C14H22BrN3S/c1-10(2)18-14(16-4)17-9-11(3)19-13-7-5-12(15)6-8-13/h5-8,10-11H,9H2,1-4H3,(H2,16,17,18). The number of nitrogens with one attached hydrogen (secondary N) is 2. The van der Waals surface area contributed by atoms with Gasteiger partial charge >= 0.3 is 0 Å². The maximum Gasteiger partial charge on any atom is 0.191 e. The molecule has 0 aliphatic rings. The van der Waals surface area contributed by atoms with Crippen LogP contribution in [0.2, 0.25) is 0 Å². The van der Waals surface area contributed by atoms with Crippen LogP contribution in [0.5, 0.6) is 0 Å². The van der Waals surface area contributed by atoms with E-state index >= 15 is 0 Å². The number of hydrogen-bond acceptors (Lipinski definition) is 2. The molecule has 19 heavy (non-hydrogen) atoms. The third-order valence-electron chi connectivity index (χ3n) is 2.36. The molecule has 1 unspecified atom stereocenters. The molecule has 0 aliphatic heterocycles. The van der Waals surface area contributed by atoms with Crippen LogP contribution in [0.15, 0.2) is 38.6 Å². The largest absolute Gasteiger partial charge is 0.355 e. The van der Waals surface area contributed by atoms with Gasteiger partial charge in [0.1, 0.15) is 0 Å². The summed E-state index contributed by atoms with van der Waals surface area (Å²) in [5, 5.41) is 7.10. The van der Waals surface area contributed by atoms with Gasteiger partial charge in [-0.2, -0.15) is 0 Å². The zero-order valence-corrected chi connectivity index (χ0v) is 14.3. The maximum absolute atomic E-state index is 4.20. The zero-order valence-electron chi connectivity index (χ0n) is 11.9. The number of halogens is 1. The number of hydrogen-bond donors (Lipinski definition) is 2. The van der Waals surface area contributed by atoms with Gasteiger partial charge in [-0.25, -0.2) is 0 Å².